The summed E-state index contributed by atoms with van der Waals surface area (Å²) in [4.78, 5) is 0. The van der Waals surface area contributed by atoms with Crippen LogP contribution in [0.2, 0.25) is 0 Å². The number of halogens is 1. The van der Waals surface area contributed by atoms with Crippen molar-refractivity contribution in [3.05, 3.63) is 22.2 Å². The number of nitrogen functional groups attached to an aromatic ring is 2. The molecule has 1 aromatic carbocycles. The van der Waals surface area contributed by atoms with Crippen LogP contribution in [0.25, 0.3) is 0 Å². The van der Waals surface area contributed by atoms with Crippen LogP contribution in [0.3, 0.4) is 0 Å². The van der Waals surface area contributed by atoms with Crippen LogP contribution in [0.1, 0.15) is 12.5 Å². The lowest BCUT2D eigenvalue weighted by Gasteiger charge is -2.06. The predicted molar refractivity (Wildman–Crippen MR) is 52.3 cm³/mol. The molecule has 0 aromatic heterocycles. The standard InChI is InChI=1S/C8H11BrN2/c1-2-6-7(9)3-5(10)4-8(6)11/h3-4H,2,10-11H2,1H3. The molecule has 0 aliphatic rings. The number of nitrogens with two attached hydrogens (primary N) is 2. The average Bonchev–Trinajstić information content (AvgIpc) is 1.85. The van der Waals surface area contributed by atoms with Crippen LogP contribution in [-0.4, -0.2) is 0 Å². The molecule has 11 heavy (non-hydrogen) atoms. The van der Waals surface area contributed by atoms with E-state index in [-0.39, 0.29) is 0 Å². The second kappa shape index (κ2) is 3.13. The van der Waals surface area contributed by atoms with Crippen LogP contribution in [0.15, 0.2) is 16.6 Å². The zero-order valence-electron chi connectivity index (χ0n) is 6.39. The maximum atomic E-state index is 5.72. The van der Waals surface area contributed by atoms with Gasteiger partial charge in [0.2, 0.25) is 0 Å². The Kier molecular flexibility index (Phi) is 2.39. The fourth-order valence-corrected chi connectivity index (χ4v) is 1.83. The Bertz CT molecular complexity index is 248. The zero-order chi connectivity index (χ0) is 8.43. The molecular formula is C8H11BrN2. The second-order valence-electron chi connectivity index (χ2n) is 2.42. The molecule has 60 valence electrons. The summed E-state index contributed by atoms with van der Waals surface area (Å²) in [5.41, 5.74) is 13.9. The molecule has 0 radical (unpaired) electrons. The van der Waals surface area contributed by atoms with Gasteiger partial charge in [0.15, 0.2) is 0 Å². The Labute approximate surface area is 74.7 Å². The van der Waals surface area contributed by atoms with Crippen LogP contribution < -0.4 is 11.5 Å². The molecule has 2 nitrogen and oxygen atoms in total. The number of anilines is 2. The minimum Gasteiger partial charge on any atom is -0.399 e. The molecule has 0 fully saturated rings. The van der Waals surface area contributed by atoms with Crippen LogP contribution in [-0.2, 0) is 6.42 Å². The number of benzene rings is 1. The van der Waals surface area contributed by atoms with Gasteiger partial charge >= 0.3 is 0 Å². The molecule has 4 N–H and O–H groups in total. The zero-order valence-corrected chi connectivity index (χ0v) is 7.98. The van der Waals surface area contributed by atoms with Crippen LogP contribution >= 0.6 is 15.9 Å². The Balaban J connectivity index is 3.25. The van der Waals surface area contributed by atoms with Crippen molar-refractivity contribution in [3.8, 4) is 0 Å². The molecule has 0 spiro atoms. The minimum absolute atomic E-state index is 0.701. The maximum absolute atomic E-state index is 5.72. The lowest BCUT2D eigenvalue weighted by molar-refractivity contribution is 1.13. The third-order valence-electron chi connectivity index (χ3n) is 1.61. The molecule has 0 atom stereocenters. The Morgan fingerprint density at radius 2 is 2.00 bits per heavy atom. The highest BCUT2D eigenvalue weighted by atomic mass is 79.9. The van der Waals surface area contributed by atoms with E-state index in [4.69, 9.17) is 11.5 Å². The Morgan fingerprint density at radius 1 is 1.36 bits per heavy atom. The van der Waals surface area contributed by atoms with E-state index >= 15 is 0 Å². The van der Waals surface area contributed by atoms with Crippen molar-refractivity contribution in [2.75, 3.05) is 11.5 Å². The molecule has 0 saturated carbocycles. The van der Waals surface area contributed by atoms with Crippen molar-refractivity contribution in [1.82, 2.24) is 0 Å². The molecule has 3 heteroatoms. The highest BCUT2D eigenvalue weighted by Crippen LogP contribution is 2.26. The second-order valence-corrected chi connectivity index (χ2v) is 3.28. The predicted octanol–water partition coefficient (Wildman–Crippen LogP) is 2.18. The Hall–Kier alpha value is -0.700. The first-order valence-electron chi connectivity index (χ1n) is 3.48. The summed E-state index contributed by atoms with van der Waals surface area (Å²) < 4.78 is 0.998. The highest BCUT2D eigenvalue weighted by Gasteiger charge is 2.02. The van der Waals surface area contributed by atoms with Gasteiger partial charge in [-0.1, -0.05) is 22.9 Å². The first-order chi connectivity index (χ1) is 5.15. The van der Waals surface area contributed by atoms with Gasteiger partial charge in [0.1, 0.15) is 0 Å². The van der Waals surface area contributed by atoms with Crippen LogP contribution in [0, 0.1) is 0 Å². The lowest BCUT2D eigenvalue weighted by Crippen LogP contribution is -1.96. The molecule has 0 bridgehead atoms. The first-order valence-corrected chi connectivity index (χ1v) is 4.27. The normalized spacial score (nSPS) is 10.0. The Morgan fingerprint density at radius 3 is 2.45 bits per heavy atom. The monoisotopic (exact) mass is 214 g/mol. The molecule has 0 heterocycles. The minimum atomic E-state index is 0.701. The molecule has 0 aliphatic heterocycles. The van der Waals surface area contributed by atoms with Gasteiger partial charge in [-0.05, 0) is 24.1 Å². The first kappa shape index (κ1) is 8.40. The van der Waals surface area contributed by atoms with Gasteiger partial charge in [-0.25, -0.2) is 0 Å². The van der Waals surface area contributed by atoms with Crippen LogP contribution in [0.5, 0.6) is 0 Å². The van der Waals surface area contributed by atoms with Gasteiger partial charge in [0.25, 0.3) is 0 Å². The van der Waals surface area contributed by atoms with Gasteiger partial charge in [0, 0.05) is 15.8 Å². The summed E-state index contributed by atoms with van der Waals surface area (Å²) in [5.74, 6) is 0. The fourth-order valence-electron chi connectivity index (χ4n) is 1.05. The van der Waals surface area contributed by atoms with Crippen molar-refractivity contribution in [3.63, 3.8) is 0 Å². The molecule has 0 saturated heterocycles. The van der Waals surface area contributed by atoms with Gasteiger partial charge in [-0.15, -0.1) is 0 Å². The van der Waals surface area contributed by atoms with Crippen molar-refractivity contribution in [2.24, 2.45) is 0 Å². The highest BCUT2D eigenvalue weighted by molar-refractivity contribution is 9.10. The van der Waals surface area contributed by atoms with Gasteiger partial charge in [0.05, 0.1) is 0 Å². The third-order valence-corrected chi connectivity index (χ3v) is 2.31. The molecule has 0 amide bonds. The van der Waals surface area contributed by atoms with E-state index in [1.807, 2.05) is 6.07 Å². The molecule has 0 unspecified atom stereocenters. The summed E-state index contributed by atoms with van der Waals surface area (Å²) in [6, 6.07) is 3.65. The van der Waals surface area contributed by atoms with Gasteiger partial charge in [-0.2, -0.15) is 0 Å². The summed E-state index contributed by atoms with van der Waals surface area (Å²) in [5, 5.41) is 0. The summed E-state index contributed by atoms with van der Waals surface area (Å²) in [6.07, 6.45) is 0.923. The van der Waals surface area contributed by atoms with E-state index < -0.39 is 0 Å². The van der Waals surface area contributed by atoms with E-state index in [1.54, 1.807) is 6.07 Å². The average molecular weight is 215 g/mol. The summed E-state index contributed by atoms with van der Waals surface area (Å²) in [6.45, 7) is 2.06. The smallest absolute Gasteiger partial charge is 0.0378 e. The number of hydrogen-bond acceptors (Lipinski definition) is 2. The molecule has 0 aliphatic carbocycles. The molecular weight excluding hydrogens is 204 g/mol. The van der Waals surface area contributed by atoms with Crippen molar-refractivity contribution >= 4 is 27.3 Å². The third kappa shape index (κ3) is 1.66. The van der Waals surface area contributed by atoms with E-state index in [0.29, 0.717) is 5.69 Å². The van der Waals surface area contributed by atoms with E-state index in [9.17, 15) is 0 Å². The van der Waals surface area contributed by atoms with Crippen molar-refractivity contribution in [1.29, 1.82) is 0 Å². The van der Waals surface area contributed by atoms with E-state index in [0.717, 1.165) is 22.1 Å². The topological polar surface area (TPSA) is 52.0 Å². The van der Waals surface area contributed by atoms with Crippen molar-refractivity contribution in [2.45, 2.75) is 13.3 Å². The summed E-state index contributed by atoms with van der Waals surface area (Å²) in [7, 11) is 0. The van der Waals surface area contributed by atoms with Gasteiger partial charge in [-0.3, -0.25) is 0 Å². The fraction of sp³-hybridized carbons (Fsp3) is 0.250. The molecule has 1 aromatic rings. The summed E-state index contributed by atoms with van der Waals surface area (Å²) >= 11 is 3.40. The van der Waals surface area contributed by atoms with E-state index in [1.165, 1.54) is 0 Å². The molecule has 1 rings (SSSR count). The quantitative estimate of drug-likeness (QED) is 0.705. The number of rotatable bonds is 1. The number of hydrogen-bond donors (Lipinski definition) is 2. The largest absolute Gasteiger partial charge is 0.399 e. The lowest BCUT2D eigenvalue weighted by atomic mass is 10.1. The van der Waals surface area contributed by atoms with Gasteiger partial charge < -0.3 is 11.5 Å². The SMILES string of the molecule is CCc1c(N)cc(N)cc1Br. The maximum Gasteiger partial charge on any atom is 0.0378 e. The van der Waals surface area contributed by atoms with Crippen LogP contribution in [0.4, 0.5) is 11.4 Å². The van der Waals surface area contributed by atoms with Crippen molar-refractivity contribution < 1.29 is 0 Å². The van der Waals surface area contributed by atoms with E-state index in [2.05, 4.69) is 22.9 Å².